The summed E-state index contributed by atoms with van der Waals surface area (Å²) in [6.07, 6.45) is 0. The predicted octanol–water partition coefficient (Wildman–Crippen LogP) is 11.3. The molecule has 44 heavy (non-hydrogen) atoms. The van der Waals surface area contributed by atoms with E-state index in [0.29, 0.717) is 5.56 Å². The van der Waals surface area contributed by atoms with Crippen molar-refractivity contribution in [2.75, 3.05) is 4.90 Å². The third-order valence-corrected chi connectivity index (χ3v) is 9.29. The van der Waals surface area contributed by atoms with E-state index < -0.39 is 0 Å². The third kappa shape index (κ3) is 4.02. The summed E-state index contributed by atoms with van der Waals surface area (Å²) < 4.78 is 0. The Kier molecular flexibility index (Phi) is 5.90. The summed E-state index contributed by atoms with van der Waals surface area (Å²) in [4.78, 5) is 2.41. The van der Waals surface area contributed by atoms with Gasteiger partial charge in [0, 0.05) is 22.2 Å². The third-order valence-electron chi connectivity index (χ3n) is 9.29. The molecule has 7 aromatic carbocycles. The van der Waals surface area contributed by atoms with Crippen molar-refractivity contribution in [1.82, 2.24) is 0 Å². The number of nitriles is 1. The monoisotopic (exact) mass is 562 g/mol. The van der Waals surface area contributed by atoms with Crippen LogP contribution in [0.4, 0.5) is 17.1 Å². The van der Waals surface area contributed by atoms with Crippen LogP contribution in [0.25, 0.3) is 43.8 Å². The molecule has 1 aliphatic rings. The molecule has 0 atom stereocenters. The van der Waals surface area contributed by atoms with Crippen molar-refractivity contribution >= 4 is 38.6 Å². The van der Waals surface area contributed by atoms with Gasteiger partial charge in [0.15, 0.2) is 0 Å². The number of fused-ring (bicyclic) bond motifs is 6. The number of rotatable bonds is 4. The zero-order chi connectivity index (χ0) is 29.8. The number of anilines is 3. The number of nitrogens with zero attached hydrogens (tertiary/aromatic N) is 2. The molecular formula is C42H30N2. The molecule has 8 rings (SSSR count). The average Bonchev–Trinajstić information content (AvgIpc) is 3.31. The maximum Gasteiger partial charge on any atom is 0.0991 e. The summed E-state index contributed by atoms with van der Waals surface area (Å²) in [5.74, 6) is 0. The van der Waals surface area contributed by atoms with E-state index in [1.165, 1.54) is 43.8 Å². The fourth-order valence-corrected chi connectivity index (χ4v) is 7.02. The summed E-state index contributed by atoms with van der Waals surface area (Å²) >= 11 is 0. The van der Waals surface area contributed by atoms with Crippen molar-refractivity contribution in [3.8, 4) is 28.3 Å². The van der Waals surface area contributed by atoms with Gasteiger partial charge >= 0.3 is 0 Å². The minimum Gasteiger partial charge on any atom is -0.310 e. The van der Waals surface area contributed by atoms with Crippen LogP contribution in [0.3, 0.4) is 0 Å². The van der Waals surface area contributed by atoms with Gasteiger partial charge in [-0.15, -0.1) is 0 Å². The number of hydrogen-bond acceptors (Lipinski definition) is 2. The van der Waals surface area contributed by atoms with Crippen molar-refractivity contribution in [2.45, 2.75) is 19.3 Å². The zero-order valence-electron chi connectivity index (χ0n) is 24.8. The van der Waals surface area contributed by atoms with E-state index in [1.54, 1.807) is 0 Å². The molecule has 2 heteroatoms. The van der Waals surface area contributed by atoms with E-state index in [4.69, 9.17) is 0 Å². The average molecular weight is 563 g/mol. The highest BCUT2D eigenvalue weighted by molar-refractivity contribution is 6.14. The Morgan fingerprint density at radius 2 is 1.11 bits per heavy atom. The number of benzene rings is 7. The Bertz CT molecular complexity index is 2250. The fourth-order valence-electron chi connectivity index (χ4n) is 7.02. The van der Waals surface area contributed by atoms with Crippen LogP contribution in [0, 0.1) is 11.3 Å². The molecular weight excluding hydrogens is 532 g/mol. The lowest BCUT2D eigenvalue weighted by Crippen LogP contribution is -2.16. The second kappa shape index (κ2) is 9.97. The normalized spacial score (nSPS) is 12.9. The van der Waals surface area contributed by atoms with Gasteiger partial charge in [-0.05, 0) is 92.0 Å². The lowest BCUT2D eigenvalue weighted by atomic mass is 9.82. The highest BCUT2D eigenvalue weighted by atomic mass is 15.1. The first-order valence-corrected chi connectivity index (χ1v) is 15.1. The molecule has 0 N–H and O–H groups in total. The molecule has 0 heterocycles. The Morgan fingerprint density at radius 1 is 0.523 bits per heavy atom. The van der Waals surface area contributed by atoms with Gasteiger partial charge in [-0.3, -0.25) is 0 Å². The fraction of sp³-hybridized carbons (Fsp3) is 0.0714. The van der Waals surface area contributed by atoms with Gasteiger partial charge in [0.1, 0.15) is 0 Å². The smallest absolute Gasteiger partial charge is 0.0991 e. The highest BCUT2D eigenvalue weighted by Gasteiger charge is 2.35. The zero-order valence-corrected chi connectivity index (χ0v) is 24.8. The van der Waals surface area contributed by atoms with Crippen molar-refractivity contribution in [3.63, 3.8) is 0 Å². The molecule has 0 saturated heterocycles. The SMILES string of the molecule is CC1(C)c2ccccc2-c2ccc(N(c3ccc(-c4ccc(C#N)cc4)cc3)c3cc4ccccc4c4ccccc34)cc21. The standard InChI is InChI=1S/C42H30N2/c1-42(2)39-14-8-7-12-36(39)37-24-23-33(26-40(37)42)44(32-21-19-30(20-22-32)29-17-15-28(27-43)16-18-29)41-25-31-9-3-4-10-34(31)35-11-5-6-13-38(35)41/h3-26H,1-2H3. The number of hydrogen-bond donors (Lipinski definition) is 0. The Balaban J connectivity index is 1.35. The molecule has 0 radical (unpaired) electrons. The Hall–Kier alpha value is -5.65. The van der Waals surface area contributed by atoms with Crippen molar-refractivity contribution in [1.29, 1.82) is 5.26 Å². The maximum absolute atomic E-state index is 9.24. The van der Waals surface area contributed by atoms with Gasteiger partial charge in [0.25, 0.3) is 0 Å². The minimum absolute atomic E-state index is 0.0987. The van der Waals surface area contributed by atoms with E-state index in [1.807, 2.05) is 24.3 Å². The van der Waals surface area contributed by atoms with Crippen molar-refractivity contribution in [2.24, 2.45) is 0 Å². The summed E-state index contributed by atoms with van der Waals surface area (Å²) in [6, 6.07) is 54.3. The molecule has 0 fully saturated rings. The predicted molar refractivity (Wildman–Crippen MR) is 184 cm³/mol. The van der Waals surface area contributed by atoms with Crippen molar-refractivity contribution in [3.05, 3.63) is 162 Å². The van der Waals surface area contributed by atoms with Gasteiger partial charge in [-0.2, -0.15) is 5.26 Å². The minimum atomic E-state index is -0.0987. The van der Waals surface area contributed by atoms with E-state index in [9.17, 15) is 5.26 Å². The molecule has 0 aliphatic heterocycles. The summed E-state index contributed by atoms with van der Waals surface area (Å²) in [6.45, 7) is 4.67. The second-order valence-corrected chi connectivity index (χ2v) is 12.1. The van der Waals surface area contributed by atoms with E-state index in [-0.39, 0.29) is 5.41 Å². The van der Waals surface area contributed by atoms with Gasteiger partial charge < -0.3 is 4.90 Å². The molecule has 1 aliphatic carbocycles. The molecule has 2 nitrogen and oxygen atoms in total. The lowest BCUT2D eigenvalue weighted by molar-refractivity contribution is 0.660. The largest absolute Gasteiger partial charge is 0.310 e. The van der Waals surface area contributed by atoms with Crippen LogP contribution < -0.4 is 4.90 Å². The first-order chi connectivity index (χ1) is 21.5. The molecule has 0 aromatic heterocycles. The second-order valence-electron chi connectivity index (χ2n) is 12.1. The highest BCUT2D eigenvalue weighted by Crippen LogP contribution is 2.51. The van der Waals surface area contributed by atoms with Gasteiger partial charge in [0.05, 0.1) is 17.3 Å². The first kappa shape index (κ1) is 26.0. The summed E-state index contributed by atoms with van der Waals surface area (Å²) in [7, 11) is 0. The molecule has 0 saturated carbocycles. The molecule has 0 bridgehead atoms. The summed E-state index contributed by atoms with van der Waals surface area (Å²) in [5, 5.41) is 14.2. The van der Waals surface area contributed by atoms with Gasteiger partial charge in [-0.25, -0.2) is 0 Å². The lowest BCUT2D eigenvalue weighted by Gasteiger charge is -2.29. The van der Waals surface area contributed by atoms with Crippen LogP contribution in [0.1, 0.15) is 30.5 Å². The van der Waals surface area contributed by atoms with E-state index in [0.717, 1.165) is 28.2 Å². The maximum atomic E-state index is 9.24. The van der Waals surface area contributed by atoms with E-state index in [2.05, 4.69) is 146 Å². The van der Waals surface area contributed by atoms with Gasteiger partial charge in [0.2, 0.25) is 0 Å². The van der Waals surface area contributed by atoms with Crippen molar-refractivity contribution < 1.29 is 0 Å². The molecule has 0 spiro atoms. The molecule has 0 amide bonds. The van der Waals surface area contributed by atoms with Crippen LogP contribution in [0.5, 0.6) is 0 Å². The van der Waals surface area contributed by atoms with Crippen LogP contribution in [-0.4, -0.2) is 0 Å². The topological polar surface area (TPSA) is 27.0 Å². The van der Waals surface area contributed by atoms with Crippen LogP contribution in [0.2, 0.25) is 0 Å². The molecule has 7 aromatic rings. The van der Waals surface area contributed by atoms with Crippen LogP contribution >= 0.6 is 0 Å². The van der Waals surface area contributed by atoms with Gasteiger partial charge in [-0.1, -0.05) is 117 Å². The summed E-state index contributed by atoms with van der Waals surface area (Å²) in [5.41, 5.74) is 11.5. The van der Waals surface area contributed by atoms with Crippen LogP contribution in [-0.2, 0) is 5.41 Å². The first-order valence-electron chi connectivity index (χ1n) is 15.1. The molecule has 208 valence electrons. The van der Waals surface area contributed by atoms with Crippen LogP contribution in [0.15, 0.2) is 146 Å². The molecule has 0 unspecified atom stereocenters. The van der Waals surface area contributed by atoms with E-state index >= 15 is 0 Å². The Labute approximate surface area is 258 Å². The quantitative estimate of drug-likeness (QED) is 0.200. The Morgan fingerprint density at radius 3 is 1.86 bits per heavy atom.